The second-order valence-electron chi connectivity index (χ2n) is 12.4. The topological polar surface area (TPSA) is 127 Å². The summed E-state index contributed by atoms with van der Waals surface area (Å²) in [6.07, 6.45) is 2.01. The number of hydrogen-bond acceptors (Lipinski definition) is 8. The molecule has 12 heteroatoms. The van der Waals surface area contributed by atoms with Crippen molar-refractivity contribution in [2.45, 2.75) is 76.8 Å². The van der Waals surface area contributed by atoms with Crippen LogP contribution < -0.4 is 16.3 Å². The number of imide groups is 1. The highest BCUT2D eigenvalue weighted by Crippen LogP contribution is 2.25. The van der Waals surface area contributed by atoms with E-state index in [0.29, 0.717) is 18.5 Å². The Hall–Kier alpha value is -3.22. The monoisotopic (exact) mass is 570 g/mol. The number of aromatic nitrogens is 2. The minimum atomic E-state index is -0.675. The second kappa shape index (κ2) is 11.9. The number of benzene rings is 1. The van der Waals surface area contributed by atoms with Crippen molar-refractivity contribution in [3.8, 4) is 0 Å². The molecule has 0 radical (unpaired) electrons. The van der Waals surface area contributed by atoms with Crippen molar-refractivity contribution in [2.24, 2.45) is 7.05 Å². The fourth-order valence-electron chi connectivity index (χ4n) is 5.81. The molecule has 0 bridgehead atoms. The van der Waals surface area contributed by atoms with Gasteiger partial charge in [-0.25, -0.2) is 9.59 Å². The second-order valence-corrected chi connectivity index (χ2v) is 12.4. The summed E-state index contributed by atoms with van der Waals surface area (Å²) in [6.45, 7) is 11.7. The molecule has 12 nitrogen and oxygen atoms in total. The third kappa shape index (κ3) is 6.99. The molecule has 2 aliphatic heterocycles. The van der Waals surface area contributed by atoms with E-state index < -0.39 is 17.6 Å². The molecule has 1 aliphatic carbocycles. The number of alkyl carbamates (subject to hydrolysis) is 1. The highest BCUT2D eigenvalue weighted by molar-refractivity contribution is 6.00. The Morgan fingerprint density at radius 1 is 1.05 bits per heavy atom. The molecule has 3 aliphatic rings. The zero-order chi connectivity index (χ0) is 29.3. The Bertz CT molecular complexity index is 1350. The summed E-state index contributed by atoms with van der Waals surface area (Å²) in [7, 11) is 1.72. The van der Waals surface area contributed by atoms with E-state index in [2.05, 4.69) is 20.4 Å². The van der Waals surface area contributed by atoms with Gasteiger partial charge in [0.1, 0.15) is 11.6 Å². The molecule has 3 amide bonds. The molecule has 5 rings (SSSR count). The van der Waals surface area contributed by atoms with Crippen molar-refractivity contribution in [2.75, 3.05) is 39.3 Å². The maximum absolute atomic E-state index is 13.0. The van der Waals surface area contributed by atoms with Gasteiger partial charge in [0.05, 0.1) is 23.7 Å². The minimum absolute atomic E-state index is 0.121. The van der Waals surface area contributed by atoms with Gasteiger partial charge in [-0.2, -0.15) is 0 Å². The third-order valence-electron chi connectivity index (χ3n) is 8.12. The molecule has 1 aromatic heterocycles. The predicted octanol–water partition coefficient (Wildman–Crippen LogP) is 1.51. The van der Waals surface area contributed by atoms with Crippen LogP contribution in [-0.2, 0) is 32.7 Å². The summed E-state index contributed by atoms with van der Waals surface area (Å²) in [4.78, 5) is 53.7. The molecule has 1 unspecified atom stereocenters. The lowest BCUT2D eigenvalue weighted by molar-refractivity contribution is -0.135. The zero-order valence-electron chi connectivity index (χ0n) is 24.5. The van der Waals surface area contributed by atoms with Gasteiger partial charge in [-0.1, -0.05) is 6.07 Å². The van der Waals surface area contributed by atoms with Crippen LogP contribution in [-0.4, -0.2) is 93.9 Å². The van der Waals surface area contributed by atoms with Crippen LogP contribution >= 0.6 is 0 Å². The first-order chi connectivity index (χ1) is 19.5. The van der Waals surface area contributed by atoms with E-state index >= 15 is 0 Å². The summed E-state index contributed by atoms with van der Waals surface area (Å²) in [5, 5.41) is 5.25. The normalized spacial score (nSPS) is 24.2. The Labute approximate surface area is 239 Å². The number of ether oxygens (including phenoxy) is 2. The lowest BCUT2D eigenvalue weighted by Crippen LogP contribution is -2.50. The number of hydrogen-bond donors (Lipinski definition) is 2. The fourth-order valence-corrected chi connectivity index (χ4v) is 5.81. The quantitative estimate of drug-likeness (QED) is 0.458. The van der Waals surface area contributed by atoms with Gasteiger partial charge in [0.15, 0.2) is 0 Å². The highest BCUT2D eigenvalue weighted by atomic mass is 16.6. The molecule has 1 aromatic carbocycles. The van der Waals surface area contributed by atoms with Gasteiger partial charge in [0.2, 0.25) is 11.8 Å². The van der Waals surface area contributed by atoms with E-state index in [9.17, 15) is 19.2 Å². The molecule has 2 saturated heterocycles. The molecule has 1 saturated carbocycles. The maximum atomic E-state index is 13.0. The zero-order valence-corrected chi connectivity index (χ0v) is 24.5. The fraction of sp³-hybridized carbons (Fsp3) is 0.655. The van der Waals surface area contributed by atoms with Gasteiger partial charge >= 0.3 is 11.8 Å². The molecule has 224 valence electrons. The number of amides is 3. The lowest BCUT2D eigenvalue weighted by atomic mass is 9.89. The van der Waals surface area contributed by atoms with E-state index in [0.717, 1.165) is 63.2 Å². The van der Waals surface area contributed by atoms with Crippen LogP contribution in [0.25, 0.3) is 11.0 Å². The lowest BCUT2D eigenvalue weighted by Gasteiger charge is -2.37. The van der Waals surface area contributed by atoms with Crippen molar-refractivity contribution in [1.29, 1.82) is 0 Å². The molecule has 2 aromatic rings. The number of carbonyl (C=O) groups is 3. The summed E-state index contributed by atoms with van der Waals surface area (Å²) in [5.41, 5.74) is 1.86. The molecular weight excluding hydrogens is 528 g/mol. The van der Waals surface area contributed by atoms with E-state index in [1.807, 2.05) is 39.0 Å². The number of aryl methyl sites for hydroxylation is 1. The molecular formula is C29H42N6O6. The number of piperazine rings is 1. The van der Waals surface area contributed by atoms with Crippen LogP contribution in [0.2, 0.25) is 0 Å². The summed E-state index contributed by atoms with van der Waals surface area (Å²) >= 11 is 0. The number of carbonyl (C=O) groups excluding carboxylic acids is 3. The number of imidazole rings is 1. The number of nitrogens with one attached hydrogen (secondary N) is 2. The Morgan fingerprint density at radius 2 is 1.76 bits per heavy atom. The third-order valence-corrected chi connectivity index (χ3v) is 8.12. The average molecular weight is 571 g/mol. The van der Waals surface area contributed by atoms with Gasteiger partial charge in [-0.3, -0.25) is 33.8 Å². The van der Waals surface area contributed by atoms with Crippen LogP contribution in [0.3, 0.4) is 0 Å². The van der Waals surface area contributed by atoms with Crippen LogP contribution in [0.5, 0.6) is 0 Å². The van der Waals surface area contributed by atoms with Crippen LogP contribution in [0.15, 0.2) is 23.0 Å². The van der Waals surface area contributed by atoms with Gasteiger partial charge in [-0.15, -0.1) is 0 Å². The van der Waals surface area contributed by atoms with Crippen LogP contribution in [0, 0.1) is 0 Å². The van der Waals surface area contributed by atoms with E-state index in [1.54, 1.807) is 11.6 Å². The number of rotatable bonds is 8. The summed E-state index contributed by atoms with van der Waals surface area (Å²) in [6, 6.07) is 5.41. The first-order valence-electron chi connectivity index (χ1n) is 14.6. The van der Waals surface area contributed by atoms with Crippen molar-refractivity contribution < 1.29 is 23.9 Å². The van der Waals surface area contributed by atoms with Crippen molar-refractivity contribution in [1.82, 2.24) is 29.6 Å². The minimum Gasteiger partial charge on any atom is -0.444 e. The van der Waals surface area contributed by atoms with E-state index in [4.69, 9.17) is 9.47 Å². The van der Waals surface area contributed by atoms with Gasteiger partial charge in [0.25, 0.3) is 0 Å². The first kappa shape index (κ1) is 29.3. The Morgan fingerprint density at radius 3 is 2.44 bits per heavy atom. The van der Waals surface area contributed by atoms with Gasteiger partial charge in [-0.05, 0) is 57.7 Å². The summed E-state index contributed by atoms with van der Waals surface area (Å²) in [5.74, 6) is -0.717. The standard InChI is InChI=1S/C29H42N6O6/c1-29(2,3)41-27(38)30-20-16-21(17-20)40-14-13-33-9-11-34(12-10-33)18-19-5-6-22-24(15-19)32(4)28(39)35(22)23-7-8-25(36)31-26(23)37/h5-6,15,20-21,23H,7-14,16-18H2,1-4H3,(H,30,38)(H,31,36,37). The molecule has 41 heavy (non-hydrogen) atoms. The van der Waals surface area contributed by atoms with Crippen molar-refractivity contribution in [3.63, 3.8) is 0 Å². The predicted molar refractivity (Wildman–Crippen MR) is 152 cm³/mol. The average Bonchev–Trinajstić information content (AvgIpc) is 3.12. The number of piperidine rings is 1. The van der Waals surface area contributed by atoms with Gasteiger partial charge in [0, 0.05) is 58.8 Å². The molecule has 3 fully saturated rings. The number of fused-ring (bicyclic) bond motifs is 1. The molecule has 1 atom stereocenters. The highest BCUT2D eigenvalue weighted by Gasteiger charge is 2.33. The van der Waals surface area contributed by atoms with Crippen LogP contribution in [0.4, 0.5) is 4.79 Å². The Balaban J connectivity index is 1.05. The summed E-state index contributed by atoms with van der Waals surface area (Å²) < 4.78 is 14.4. The SMILES string of the molecule is Cn1c(=O)n(C2CCC(=O)NC2=O)c2ccc(CN3CCN(CCOC4CC(NC(=O)OC(C)(C)C)C4)CC3)cc21. The first-order valence-corrected chi connectivity index (χ1v) is 14.6. The smallest absolute Gasteiger partial charge is 0.407 e. The van der Waals surface area contributed by atoms with Crippen molar-refractivity contribution in [3.05, 3.63) is 34.2 Å². The van der Waals surface area contributed by atoms with E-state index in [1.165, 1.54) is 4.57 Å². The maximum Gasteiger partial charge on any atom is 0.407 e. The molecule has 0 spiro atoms. The van der Waals surface area contributed by atoms with Crippen LogP contribution in [0.1, 0.15) is 58.1 Å². The number of nitrogens with zero attached hydrogens (tertiary/aromatic N) is 4. The van der Waals surface area contributed by atoms with E-state index in [-0.39, 0.29) is 36.3 Å². The molecule has 3 heterocycles. The molecule has 2 N–H and O–H groups in total. The largest absolute Gasteiger partial charge is 0.444 e. The van der Waals surface area contributed by atoms with Crippen molar-refractivity contribution >= 4 is 28.9 Å². The van der Waals surface area contributed by atoms with Gasteiger partial charge < -0.3 is 14.8 Å². The Kier molecular flexibility index (Phi) is 8.53.